The Morgan fingerprint density at radius 3 is 0.921 bits per heavy atom. The Labute approximate surface area is 385 Å². The van der Waals surface area contributed by atoms with Crippen LogP contribution in [0.1, 0.15) is 175 Å². The van der Waals surface area contributed by atoms with E-state index in [0.717, 1.165) is 128 Å². The van der Waals surface area contributed by atoms with Crippen LogP contribution >= 0.6 is 0 Å². The highest BCUT2D eigenvalue weighted by Crippen LogP contribution is 2.10. The van der Waals surface area contributed by atoms with Gasteiger partial charge in [0.2, 0.25) is 0 Å². The van der Waals surface area contributed by atoms with Crippen LogP contribution in [0.15, 0.2) is 146 Å². The minimum absolute atomic E-state index is 0.139. The summed E-state index contributed by atoms with van der Waals surface area (Å²) in [5.74, 6) is -1.10. The second kappa shape index (κ2) is 49.9. The van der Waals surface area contributed by atoms with Crippen LogP contribution < -0.4 is 0 Å². The Kier molecular flexibility index (Phi) is 46.2. The summed E-state index contributed by atoms with van der Waals surface area (Å²) in [6.07, 6.45) is 71.3. The topological polar surface area (TPSA) is 78.9 Å². The van der Waals surface area contributed by atoms with Gasteiger partial charge in [0.25, 0.3) is 0 Å². The minimum Gasteiger partial charge on any atom is -0.462 e. The number of ether oxygens (including phenoxy) is 3. The first-order valence-corrected chi connectivity index (χ1v) is 24.3. The average molecular weight is 867 g/mol. The van der Waals surface area contributed by atoms with Gasteiger partial charge in [-0.15, -0.1) is 0 Å². The van der Waals surface area contributed by atoms with Gasteiger partial charge in [0.05, 0.1) is 0 Å². The zero-order valence-electron chi connectivity index (χ0n) is 39.8. The summed E-state index contributed by atoms with van der Waals surface area (Å²) >= 11 is 0. The molecule has 0 aliphatic rings. The van der Waals surface area contributed by atoms with E-state index in [4.69, 9.17) is 14.2 Å². The monoisotopic (exact) mass is 867 g/mol. The number of esters is 3. The molecule has 0 saturated heterocycles. The van der Waals surface area contributed by atoms with Crippen molar-refractivity contribution >= 4 is 17.9 Å². The van der Waals surface area contributed by atoms with Crippen LogP contribution in [0.3, 0.4) is 0 Å². The first kappa shape index (κ1) is 58.3. The second-order valence-corrected chi connectivity index (χ2v) is 15.2. The van der Waals surface area contributed by atoms with E-state index >= 15 is 0 Å². The molecule has 0 amide bonds. The van der Waals surface area contributed by atoms with E-state index in [1.54, 1.807) is 0 Å². The normalized spacial score (nSPS) is 13.4. The molecule has 6 heteroatoms. The standard InChI is InChI=1S/C57H86O6/c1-4-7-10-13-16-19-22-25-26-27-28-29-30-33-35-38-41-44-47-50-56(59)62-53-54(63-57(60)51-48-45-42-39-36-32-24-21-18-15-12-9-6-3)52-61-55(58)49-46-43-40-37-34-31-23-20-17-14-11-8-5-2/h7-12,16-21,25-26,28-29,31-36,42,45,54H,4-6,13-15,22-24,27,30,37-41,43-44,46-53H2,1-3H3/b10-7-,11-8-,12-9-,19-16-,20-17-,21-18-,26-25-,29-28-,34-31-,35-33-,36-32-,45-42-. The maximum Gasteiger partial charge on any atom is 0.306 e. The lowest BCUT2D eigenvalue weighted by atomic mass is 10.1. The van der Waals surface area contributed by atoms with E-state index < -0.39 is 12.1 Å². The van der Waals surface area contributed by atoms with Gasteiger partial charge in [0, 0.05) is 19.3 Å². The lowest BCUT2D eigenvalue weighted by Crippen LogP contribution is -2.30. The largest absolute Gasteiger partial charge is 0.462 e. The maximum atomic E-state index is 12.7. The van der Waals surface area contributed by atoms with Crippen LogP contribution in [0.4, 0.5) is 0 Å². The van der Waals surface area contributed by atoms with E-state index in [1.165, 1.54) is 0 Å². The van der Waals surface area contributed by atoms with Crippen LogP contribution in [0, 0.1) is 0 Å². The fraction of sp³-hybridized carbons (Fsp3) is 0.526. The molecule has 0 aromatic rings. The molecule has 1 atom stereocenters. The summed E-state index contributed by atoms with van der Waals surface area (Å²) in [6, 6.07) is 0. The molecule has 0 rings (SSSR count). The van der Waals surface area contributed by atoms with Crippen molar-refractivity contribution in [2.45, 2.75) is 181 Å². The molecule has 63 heavy (non-hydrogen) atoms. The molecule has 0 N–H and O–H groups in total. The lowest BCUT2D eigenvalue weighted by Gasteiger charge is -2.18. The first-order chi connectivity index (χ1) is 31.0. The van der Waals surface area contributed by atoms with Gasteiger partial charge in [-0.1, -0.05) is 179 Å². The zero-order valence-corrected chi connectivity index (χ0v) is 39.8. The van der Waals surface area contributed by atoms with Crippen molar-refractivity contribution in [3.8, 4) is 0 Å². The van der Waals surface area contributed by atoms with Crippen LogP contribution in [0.2, 0.25) is 0 Å². The van der Waals surface area contributed by atoms with E-state index in [0.29, 0.717) is 19.3 Å². The van der Waals surface area contributed by atoms with Gasteiger partial charge in [-0.25, -0.2) is 0 Å². The highest BCUT2D eigenvalue weighted by Gasteiger charge is 2.19. The number of allylic oxidation sites excluding steroid dienone is 24. The fourth-order valence-corrected chi connectivity index (χ4v) is 5.79. The molecular formula is C57H86O6. The molecule has 0 spiro atoms. The number of carbonyl (C=O) groups excluding carboxylic acids is 3. The van der Waals surface area contributed by atoms with Gasteiger partial charge in [0.1, 0.15) is 13.2 Å². The molecule has 0 aliphatic heterocycles. The van der Waals surface area contributed by atoms with Gasteiger partial charge in [0.15, 0.2) is 6.10 Å². The van der Waals surface area contributed by atoms with Crippen molar-refractivity contribution in [2.75, 3.05) is 13.2 Å². The molecule has 6 nitrogen and oxygen atoms in total. The number of carbonyl (C=O) groups is 3. The molecule has 0 bridgehead atoms. The van der Waals surface area contributed by atoms with Crippen molar-refractivity contribution in [1.29, 1.82) is 0 Å². The molecule has 0 aliphatic carbocycles. The molecular weight excluding hydrogens is 781 g/mol. The Morgan fingerprint density at radius 2 is 0.603 bits per heavy atom. The highest BCUT2D eigenvalue weighted by molar-refractivity contribution is 5.71. The Morgan fingerprint density at radius 1 is 0.317 bits per heavy atom. The number of hydrogen-bond acceptors (Lipinski definition) is 6. The van der Waals surface area contributed by atoms with Gasteiger partial charge >= 0.3 is 17.9 Å². The van der Waals surface area contributed by atoms with Crippen LogP contribution in [-0.2, 0) is 28.6 Å². The SMILES string of the molecule is CC/C=C\C/C=C\C/C=C\C/C=C\C/C=C\CCCCCC(=O)OCC(COC(=O)CCCCC/C=C\C/C=C\C/C=C\CC)OC(=O)CC/C=C\C/C=C\C/C=C\C/C=C\CC. The van der Waals surface area contributed by atoms with Crippen LogP contribution in [0.5, 0.6) is 0 Å². The Balaban J connectivity index is 4.59. The third kappa shape index (κ3) is 48.2. The van der Waals surface area contributed by atoms with Gasteiger partial charge in [-0.05, 0) is 122 Å². The van der Waals surface area contributed by atoms with Gasteiger partial charge in [-0.3, -0.25) is 14.4 Å². The molecule has 0 radical (unpaired) electrons. The Hall–Kier alpha value is -4.71. The van der Waals surface area contributed by atoms with Crippen molar-refractivity contribution in [1.82, 2.24) is 0 Å². The summed E-state index contributed by atoms with van der Waals surface area (Å²) in [5, 5.41) is 0. The predicted octanol–water partition coefficient (Wildman–Crippen LogP) is 16.1. The molecule has 350 valence electrons. The quantitative estimate of drug-likeness (QED) is 0.0264. The zero-order chi connectivity index (χ0) is 45.8. The molecule has 0 heterocycles. The van der Waals surface area contributed by atoms with E-state index in [1.807, 2.05) is 12.2 Å². The highest BCUT2D eigenvalue weighted by atomic mass is 16.6. The minimum atomic E-state index is -0.847. The second-order valence-electron chi connectivity index (χ2n) is 15.2. The Bertz CT molecular complexity index is 1460. The predicted molar refractivity (Wildman–Crippen MR) is 269 cm³/mol. The average Bonchev–Trinajstić information content (AvgIpc) is 3.28. The molecule has 1 unspecified atom stereocenters. The van der Waals surface area contributed by atoms with Crippen LogP contribution in [0.25, 0.3) is 0 Å². The van der Waals surface area contributed by atoms with Crippen molar-refractivity contribution in [3.63, 3.8) is 0 Å². The van der Waals surface area contributed by atoms with Crippen molar-refractivity contribution < 1.29 is 28.6 Å². The third-order valence-electron chi connectivity index (χ3n) is 9.33. The summed E-state index contributed by atoms with van der Waals surface area (Å²) in [4.78, 5) is 37.8. The van der Waals surface area contributed by atoms with Crippen molar-refractivity contribution in [2.24, 2.45) is 0 Å². The molecule has 0 saturated carbocycles. The summed E-state index contributed by atoms with van der Waals surface area (Å²) in [7, 11) is 0. The molecule has 0 aromatic heterocycles. The third-order valence-corrected chi connectivity index (χ3v) is 9.33. The van der Waals surface area contributed by atoms with Gasteiger partial charge < -0.3 is 14.2 Å². The fourth-order valence-electron chi connectivity index (χ4n) is 5.79. The van der Waals surface area contributed by atoms with Crippen LogP contribution in [-0.4, -0.2) is 37.2 Å². The number of rotatable bonds is 41. The smallest absolute Gasteiger partial charge is 0.306 e. The summed E-state index contributed by atoms with van der Waals surface area (Å²) < 4.78 is 16.6. The van der Waals surface area contributed by atoms with Gasteiger partial charge in [-0.2, -0.15) is 0 Å². The summed E-state index contributed by atoms with van der Waals surface area (Å²) in [6.45, 7) is 6.14. The first-order valence-electron chi connectivity index (χ1n) is 24.3. The number of unbranched alkanes of at least 4 members (excludes halogenated alkanes) is 6. The maximum absolute atomic E-state index is 12.7. The molecule has 0 fully saturated rings. The van der Waals surface area contributed by atoms with E-state index in [2.05, 4.69) is 154 Å². The molecule has 0 aromatic carbocycles. The lowest BCUT2D eigenvalue weighted by molar-refractivity contribution is -0.166. The number of hydrogen-bond donors (Lipinski definition) is 0. The van der Waals surface area contributed by atoms with Crippen molar-refractivity contribution in [3.05, 3.63) is 146 Å². The van der Waals surface area contributed by atoms with E-state index in [-0.39, 0.29) is 31.6 Å². The summed E-state index contributed by atoms with van der Waals surface area (Å²) in [5.41, 5.74) is 0. The van der Waals surface area contributed by atoms with E-state index in [9.17, 15) is 14.4 Å².